The van der Waals surface area contributed by atoms with Crippen LogP contribution in [0.4, 0.5) is 0 Å². The van der Waals surface area contributed by atoms with Gasteiger partial charge in [0.25, 0.3) is 0 Å². The molecule has 24 nitrogen and oxygen atoms in total. The maximum absolute atomic E-state index is 14.3. The molecule has 18 unspecified atom stereocenters. The van der Waals surface area contributed by atoms with Gasteiger partial charge in [0.15, 0.2) is 18.7 Å². The third-order valence-corrected chi connectivity index (χ3v) is 19.3. The summed E-state index contributed by atoms with van der Waals surface area (Å²) in [5.41, 5.74) is 0. The number of hydrogen-bond donors (Lipinski definition) is 11. The van der Waals surface area contributed by atoms with Crippen LogP contribution in [0.15, 0.2) is 12.2 Å². The molecular formula is C70H129O24P. The lowest BCUT2D eigenvalue weighted by Gasteiger charge is -2.49. The monoisotopic (exact) mass is 1380 g/mol. The Morgan fingerprint density at radius 3 is 1.15 bits per heavy atom. The van der Waals surface area contributed by atoms with E-state index in [-0.39, 0.29) is 19.3 Å². The van der Waals surface area contributed by atoms with Crippen LogP contribution in [-0.2, 0) is 61.2 Å². The van der Waals surface area contributed by atoms with Crippen molar-refractivity contribution in [2.75, 3.05) is 26.4 Å². The molecule has 1 saturated carbocycles. The molecule has 1 aliphatic carbocycles. The topological polar surface area (TPSA) is 374 Å². The molecule has 0 aromatic carbocycles. The molecule has 0 radical (unpaired) electrons. The van der Waals surface area contributed by atoms with E-state index in [1.165, 1.54) is 128 Å². The third kappa shape index (κ3) is 36.2. The number of phosphoric acid groups is 1. The van der Waals surface area contributed by atoms with Gasteiger partial charge in [0.2, 0.25) is 0 Å². The van der Waals surface area contributed by atoms with Crippen LogP contribution in [0.2, 0.25) is 0 Å². The zero-order chi connectivity index (χ0) is 69.6. The Morgan fingerprint density at radius 2 is 0.737 bits per heavy atom. The van der Waals surface area contributed by atoms with Crippen molar-refractivity contribution in [3.8, 4) is 0 Å². The van der Waals surface area contributed by atoms with Crippen molar-refractivity contribution in [2.45, 2.75) is 388 Å². The van der Waals surface area contributed by atoms with Crippen LogP contribution in [0.25, 0.3) is 0 Å². The zero-order valence-corrected chi connectivity index (χ0v) is 58.9. The highest BCUT2D eigenvalue weighted by atomic mass is 31.2. The number of rotatable bonds is 57. The Hall–Kier alpha value is -2.30. The van der Waals surface area contributed by atoms with Crippen molar-refractivity contribution in [1.82, 2.24) is 0 Å². The second-order valence-corrected chi connectivity index (χ2v) is 28.1. The van der Waals surface area contributed by atoms with Gasteiger partial charge >= 0.3 is 25.7 Å². The summed E-state index contributed by atoms with van der Waals surface area (Å²) in [4.78, 5) is 50.8. The maximum atomic E-state index is 14.3. The highest BCUT2D eigenvalue weighted by molar-refractivity contribution is 7.47. The maximum Gasteiger partial charge on any atom is 0.472 e. The van der Waals surface area contributed by atoms with E-state index in [1.54, 1.807) is 0 Å². The smallest absolute Gasteiger partial charge is 0.463 e. The summed E-state index contributed by atoms with van der Waals surface area (Å²) in [6.07, 6.45) is 10.1. The normalized spacial score (nSPS) is 28.1. The van der Waals surface area contributed by atoms with Crippen LogP contribution in [-0.4, -0.2) is 204 Å². The Morgan fingerprint density at radius 1 is 0.400 bits per heavy atom. The zero-order valence-electron chi connectivity index (χ0n) is 58.0. The summed E-state index contributed by atoms with van der Waals surface area (Å²) in [6.45, 7) is 3.41. The number of carbonyl (C=O) groups is 3. The van der Waals surface area contributed by atoms with Crippen LogP contribution in [0.1, 0.15) is 284 Å². The first-order chi connectivity index (χ1) is 45.8. The molecule has 0 bridgehead atoms. The molecule has 3 aliphatic rings. The summed E-state index contributed by atoms with van der Waals surface area (Å²) in [5, 5.41) is 110. The average molecular weight is 1390 g/mol. The summed E-state index contributed by atoms with van der Waals surface area (Å²) in [5.74, 6) is -2.00. The predicted molar refractivity (Wildman–Crippen MR) is 356 cm³/mol. The van der Waals surface area contributed by atoms with Crippen LogP contribution in [0.5, 0.6) is 0 Å². The number of allylic oxidation sites excluding steroid dienone is 2. The van der Waals surface area contributed by atoms with E-state index in [0.717, 1.165) is 96.3 Å². The minimum atomic E-state index is -5.69. The van der Waals surface area contributed by atoms with Gasteiger partial charge in [0.05, 0.1) is 13.2 Å². The largest absolute Gasteiger partial charge is 0.472 e. The van der Waals surface area contributed by atoms with Crippen molar-refractivity contribution in [2.24, 2.45) is 0 Å². The molecule has 25 heteroatoms. The molecule has 18 atom stereocenters. The van der Waals surface area contributed by atoms with Crippen molar-refractivity contribution >= 4 is 25.7 Å². The number of aliphatic hydroxyl groups is 10. The van der Waals surface area contributed by atoms with Gasteiger partial charge in [-0.05, 0) is 44.9 Å². The first-order valence-electron chi connectivity index (χ1n) is 37.0. The summed E-state index contributed by atoms with van der Waals surface area (Å²) >= 11 is 0. The van der Waals surface area contributed by atoms with E-state index in [2.05, 4.69) is 32.9 Å². The van der Waals surface area contributed by atoms with Gasteiger partial charge < -0.3 is 89.1 Å². The van der Waals surface area contributed by atoms with Crippen molar-refractivity contribution in [1.29, 1.82) is 0 Å². The lowest BCUT2D eigenvalue weighted by molar-refractivity contribution is -0.360. The lowest BCUT2D eigenvalue weighted by Crippen LogP contribution is -2.69. The second kappa shape index (κ2) is 52.6. The summed E-state index contributed by atoms with van der Waals surface area (Å²) in [7, 11) is -5.69. The Bertz CT molecular complexity index is 2020. The van der Waals surface area contributed by atoms with Gasteiger partial charge in [-0.2, -0.15) is 0 Å². The predicted octanol–water partition coefficient (Wildman–Crippen LogP) is 9.57. The fraction of sp³-hybridized carbons (Fsp3) is 0.929. The number of aliphatic hydroxyl groups excluding tert-OH is 10. The molecule has 0 aromatic heterocycles. The molecule has 0 aromatic rings. The van der Waals surface area contributed by atoms with Crippen molar-refractivity contribution in [3.63, 3.8) is 0 Å². The van der Waals surface area contributed by atoms with E-state index in [1.807, 2.05) is 0 Å². The fourth-order valence-corrected chi connectivity index (χ4v) is 13.2. The molecule has 11 N–H and O–H groups in total. The molecule has 558 valence electrons. The SMILES string of the molecule is CCCCCCCC/C=C\CCCCCC(=O)OCC(COP(=O)(O)OC1C(OC2OC(CO)C(O)C(O)C2O)C(O)C(O)C(O)C1OC1OC(COC(=O)CCCCCCCCCCCCCCCCCC)C(O)C(O)C1O)OC(=O)CCCCCCCCCCCCC. The number of unbranched alkanes of at least 4 members (excludes halogenated alkanes) is 34. The van der Waals surface area contributed by atoms with Gasteiger partial charge in [0, 0.05) is 19.3 Å². The van der Waals surface area contributed by atoms with E-state index in [0.29, 0.717) is 19.3 Å². The molecule has 2 aliphatic heterocycles. The van der Waals surface area contributed by atoms with Gasteiger partial charge in [-0.15, -0.1) is 0 Å². The van der Waals surface area contributed by atoms with Gasteiger partial charge in [-0.1, -0.05) is 232 Å². The fourth-order valence-electron chi connectivity index (χ4n) is 12.2. The molecule has 3 fully saturated rings. The summed E-state index contributed by atoms with van der Waals surface area (Å²) < 4.78 is 64.9. The average Bonchev–Trinajstić information content (AvgIpc) is 0.763. The van der Waals surface area contributed by atoms with Gasteiger partial charge in [0.1, 0.15) is 98.7 Å². The molecule has 95 heavy (non-hydrogen) atoms. The third-order valence-electron chi connectivity index (χ3n) is 18.3. The molecule has 2 heterocycles. The minimum Gasteiger partial charge on any atom is -0.463 e. The van der Waals surface area contributed by atoms with Crippen LogP contribution in [0.3, 0.4) is 0 Å². The first-order valence-corrected chi connectivity index (χ1v) is 38.5. The number of phosphoric ester groups is 1. The van der Waals surface area contributed by atoms with Gasteiger partial charge in [-0.25, -0.2) is 4.57 Å². The van der Waals surface area contributed by atoms with Crippen LogP contribution >= 0.6 is 7.82 Å². The Labute approximate surface area is 567 Å². The second-order valence-electron chi connectivity index (χ2n) is 26.7. The Kier molecular flexibility index (Phi) is 48.2. The highest BCUT2D eigenvalue weighted by Gasteiger charge is 2.58. The van der Waals surface area contributed by atoms with Crippen LogP contribution < -0.4 is 0 Å². The standard InChI is InChI=1S/C70H129O24P/c1-4-7-10-13-16-19-22-24-25-26-28-31-33-36-39-42-45-55(73)87-50-53-58(76)60(78)65(83)70(91-53)93-67-63(81)61(79)62(80)66(92-69-64(82)59(77)57(75)52(47-71)90-69)68(67)94-95(84,85)88-49-51(89-56(74)46-43-40-37-34-29-21-18-15-12-9-6-3)48-86-54(72)44-41-38-35-32-30-27-23-20-17-14-11-8-5-2/h27,30,51-53,57-71,75-83H,4-26,28-29,31-50H2,1-3H3,(H,84,85)/b30-27-. The van der Waals surface area contributed by atoms with Gasteiger partial charge in [-0.3, -0.25) is 23.4 Å². The molecule has 2 saturated heterocycles. The number of hydrogen-bond acceptors (Lipinski definition) is 23. The van der Waals surface area contributed by atoms with Crippen LogP contribution in [0, 0.1) is 0 Å². The highest BCUT2D eigenvalue weighted by Crippen LogP contribution is 2.49. The van der Waals surface area contributed by atoms with E-state index >= 15 is 0 Å². The molecule has 3 rings (SSSR count). The molecular weight excluding hydrogens is 1260 g/mol. The van der Waals surface area contributed by atoms with Crippen molar-refractivity contribution < 1.29 is 117 Å². The quantitative estimate of drug-likeness (QED) is 0.00887. The van der Waals surface area contributed by atoms with E-state index in [4.69, 9.17) is 42.2 Å². The molecule has 0 spiro atoms. The van der Waals surface area contributed by atoms with E-state index < -0.39 is 156 Å². The Balaban J connectivity index is 1.73. The number of carbonyl (C=O) groups excluding carboxylic acids is 3. The van der Waals surface area contributed by atoms with E-state index in [9.17, 15) is 74.9 Å². The lowest BCUT2D eigenvalue weighted by atomic mass is 9.84. The number of esters is 3. The minimum absolute atomic E-state index is 0.0274. The first kappa shape index (κ1) is 86.9. The number of ether oxygens (including phenoxy) is 7. The summed E-state index contributed by atoms with van der Waals surface area (Å²) in [6, 6.07) is 0. The van der Waals surface area contributed by atoms with Crippen molar-refractivity contribution in [3.05, 3.63) is 12.2 Å². The molecule has 0 amide bonds.